The number of nitrogens with zero attached hydrogens (tertiary/aromatic N) is 1. The molecular formula is C39H55NO13. The maximum Gasteiger partial charge on any atom is 0.337 e. The van der Waals surface area contributed by atoms with E-state index in [-0.39, 0.29) is 41.5 Å². The molecule has 0 radical (unpaired) electrons. The predicted molar refractivity (Wildman–Crippen MR) is 184 cm³/mol. The number of likely N-dealkylation sites (tertiary alicyclic amines) is 1. The summed E-state index contributed by atoms with van der Waals surface area (Å²) in [4.78, 5) is 29.0. The number of carbonyl (C=O) groups is 2. The molecule has 0 aromatic rings. The molecule has 3 unspecified atom stereocenters. The number of methoxy groups -OCH3 is 1. The van der Waals surface area contributed by atoms with Gasteiger partial charge in [0.25, 0.3) is 0 Å². The molecule has 4 fully saturated rings. The van der Waals surface area contributed by atoms with Crippen molar-refractivity contribution in [3.63, 3.8) is 0 Å². The van der Waals surface area contributed by atoms with Crippen molar-refractivity contribution < 1.29 is 63.5 Å². The van der Waals surface area contributed by atoms with Gasteiger partial charge >= 0.3 is 11.9 Å². The fraction of sp³-hybridized carbons (Fsp3) is 0.795. The normalized spacial score (nSPS) is 46.2. The quantitative estimate of drug-likeness (QED) is 0.176. The van der Waals surface area contributed by atoms with E-state index in [0.29, 0.717) is 43.8 Å². The molecule has 294 valence electrons. The molecular weight excluding hydrogens is 690 g/mol. The number of esters is 2. The van der Waals surface area contributed by atoms with E-state index in [4.69, 9.17) is 28.4 Å². The van der Waals surface area contributed by atoms with Gasteiger partial charge in [-0.1, -0.05) is 24.1 Å². The molecule has 4 aliphatic carbocycles. The summed E-state index contributed by atoms with van der Waals surface area (Å²) in [5.41, 5.74) is 3.29. The summed E-state index contributed by atoms with van der Waals surface area (Å²) in [5.74, 6) is -3.08. The van der Waals surface area contributed by atoms with Crippen LogP contribution in [-0.4, -0.2) is 132 Å². The lowest BCUT2D eigenvalue weighted by molar-refractivity contribution is -0.340. The van der Waals surface area contributed by atoms with E-state index in [1.807, 2.05) is 6.92 Å². The van der Waals surface area contributed by atoms with Crippen molar-refractivity contribution in [2.24, 2.45) is 40.4 Å². The molecule has 14 heteroatoms. The van der Waals surface area contributed by atoms with Gasteiger partial charge in [-0.25, -0.2) is 4.79 Å². The Labute approximate surface area is 309 Å². The standard InChI is InChI=1S/C39H55NO13/c1-4-39(47)12-11-37(19-51-39)22-8-5-20-6-10-24-25(13-38(37,29(20)24)18-40(2)14-22)34(46)49-17-27-30(42)31(43)32(44)36(52-27)53-35-28-21(15-41)7-9-23(28)26(16-50-35)33(45)48-3/h7,16,22-25,27-28,30-32,35-36,41-44,47H,4-6,8-15,17-19H2,1-3H3/t22?,23-,24?,25-,27-,28-,30-,31+,32-,35+,36+,37?,38+,39+/m1/s1. The van der Waals surface area contributed by atoms with Gasteiger partial charge in [-0.05, 0) is 75.8 Å². The fourth-order valence-corrected chi connectivity index (χ4v) is 11.9. The molecule has 53 heavy (non-hydrogen) atoms. The largest absolute Gasteiger partial charge is 0.471 e. The highest BCUT2D eigenvalue weighted by atomic mass is 16.8. The average molecular weight is 746 g/mol. The van der Waals surface area contributed by atoms with Gasteiger partial charge in [0.1, 0.15) is 31.0 Å². The number of fused-ring (bicyclic) bond motifs is 1. The highest BCUT2D eigenvalue weighted by Gasteiger charge is 2.69. The van der Waals surface area contributed by atoms with Gasteiger partial charge in [-0.15, -0.1) is 0 Å². The van der Waals surface area contributed by atoms with Crippen molar-refractivity contribution >= 4 is 11.9 Å². The minimum atomic E-state index is -1.68. The van der Waals surface area contributed by atoms with Crippen LogP contribution in [-0.2, 0) is 38.0 Å². The van der Waals surface area contributed by atoms with Crippen LogP contribution in [0.2, 0.25) is 0 Å². The number of carbonyl (C=O) groups excluding carboxylic acids is 2. The number of hydrogen-bond acceptors (Lipinski definition) is 14. The zero-order valence-corrected chi connectivity index (χ0v) is 30.9. The summed E-state index contributed by atoms with van der Waals surface area (Å²) in [6.45, 7) is 3.51. The van der Waals surface area contributed by atoms with Gasteiger partial charge in [-0.2, -0.15) is 0 Å². The third-order valence-corrected chi connectivity index (χ3v) is 14.5. The molecule has 4 heterocycles. The number of piperidine rings is 1. The molecule has 2 spiro atoms. The molecule has 0 aromatic carbocycles. The molecule has 4 aliphatic heterocycles. The van der Waals surface area contributed by atoms with Gasteiger partial charge in [0.2, 0.25) is 6.29 Å². The molecule has 2 bridgehead atoms. The summed E-state index contributed by atoms with van der Waals surface area (Å²) in [6, 6.07) is 0. The smallest absolute Gasteiger partial charge is 0.337 e. The third kappa shape index (κ3) is 5.85. The van der Waals surface area contributed by atoms with E-state index in [1.54, 1.807) is 6.08 Å². The SMILES string of the molecule is CC[C@@]1(O)CCC2(CO1)C1CCC3=C4C(CC3)[C@H](C(=O)OC[C@H]3O[C@@H](O[C@@H]5OC=C(C(=O)OC)[C@H]6CC=C(CO)[C@@H]56)[C@H](O)[C@@H](O)[C@@H]3O)C[C@]42CN(C)C1. The van der Waals surface area contributed by atoms with Gasteiger partial charge in [0.05, 0.1) is 44.0 Å². The molecule has 5 N–H and O–H groups in total. The van der Waals surface area contributed by atoms with Crippen LogP contribution in [0.1, 0.15) is 64.7 Å². The number of aliphatic hydroxyl groups is 5. The van der Waals surface area contributed by atoms with E-state index >= 15 is 0 Å². The lowest BCUT2D eigenvalue weighted by Gasteiger charge is -2.61. The second-order valence-corrected chi connectivity index (χ2v) is 16.9. The maximum absolute atomic E-state index is 14.2. The van der Waals surface area contributed by atoms with Crippen molar-refractivity contribution in [1.29, 1.82) is 0 Å². The molecule has 3 saturated heterocycles. The third-order valence-electron chi connectivity index (χ3n) is 14.5. The first kappa shape index (κ1) is 37.5. The Hall–Kier alpha value is -2.40. The van der Waals surface area contributed by atoms with Crippen LogP contribution >= 0.6 is 0 Å². The second kappa shape index (κ2) is 14.0. The Balaban J connectivity index is 0.990. The summed E-state index contributed by atoms with van der Waals surface area (Å²) in [7, 11) is 3.43. The van der Waals surface area contributed by atoms with Gasteiger partial charge in [0, 0.05) is 36.3 Å². The first-order valence-corrected chi connectivity index (χ1v) is 19.4. The van der Waals surface area contributed by atoms with E-state index in [2.05, 4.69) is 11.9 Å². The monoisotopic (exact) mass is 745 g/mol. The molecule has 1 saturated carbocycles. The Morgan fingerprint density at radius 2 is 1.85 bits per heavy atom. The van der Waals surface area contributed by atoms with Gasteiger partial charge in [0.15, 0.2) is 12.1 Å². The zero-order valence-electron chi connectivity index (χ0n) is 30.9. The van der Waals surface area contributed by atoms with Crippen molar-refractivity contribution in [3.8, 4) is 0 Å². The van der Waals surface area contributed by atoms with Gasteiger partial charge in [-0.3, -0.25) is 4.79 Å². The maximum atomic E-state index is 14.2. The van der Waals surface area contributed by atoms with Crippen LogP contribution in [0, 0.1) is 40.4 Å². The Morgan fingerprint density at radius 1 is 1.06 bits per heavy atom. The van der Waals surface area contributed by atoms with Crippen molar-refractivity contribution in [2.75, 3.05) is 47.1 Å². The minimum absolute atomic E-state index is 0.0341. The number of hydrogen-bond donors (Lipinski definition) is 5. The first-order valence-electron chi connectivity index (χ1n) is 19.4. The number of allylic oxidation sites excluding steroid dienone is 2. The topological polar surface area (TPSA) is 194 Å². The van der Waals surface area contributed by atoms with Crippen LogP contribution in [0.15, 0.2) is 34.6 Å². The summed E-state index contributed by atoms with van der Waals surface area (Å²) >= 11 is 0. The Kier molecular flexibility index (Phi) is 9.88. The molecule has 8 rings (SSSR count). The van der Waals surface area contributed by atoms with Crippen LogP contribution in [0.4, 0.5) is 0 Å². The summed E-state index contributed by atoms with van der Waals surface area (Å²) < 4.78 is 35.1. The summed E-state index contributed by atoms with van der Waals surface area (Å²) in [6.07, 6.45) is 1.21. The summed E-state index contributed by atoms with van der Waals surface area (Å²) in [5, 5.41) is 53.9. The predicted octanol–water partition coefficient (Wildman–Crippen LogP) is 1.29. The van der Waals surface area contributed by atoms with E-state index in [0.717, 1.165) is 45.2 Å². The van der Waals surface area contributed by atoms with E-state index < -0.39 is 66.5 Å². The molecule has 14 atom stereocenters. The van der Waals surface area contributed by atoms with Gasteiger partial charge < -0.3 is 58.9 Å². The van der Waals surface area contributed by atoms with Crippen molar-refractivity contribution in [1.82, 2.24) is 4.90 Å². The fourth-order valence-electron chi connectivity index (χ4n) is 11.9. The minimum Gasteiger partial charge on any atom is -0.471 e. The Bertz CT molecular complexity index is 1550. The zero-order chi connectivity index (χ0) is 37.4. The molecule has 0 amide bonds. The van der Waals surface area contributed by atoms with Crippen molar-refractivity contribution in [2.45, 2.75) is 107 Å². The number of rotatable bonds is 8. The molecule has 0 aromatic heterocycles. The van der Waals surface area contributed by atoms with Crippen molar-refractivity contribution in [3.05, 3.63) is 34.6 Å². The molecule has 8 aliphatic rings. The van der Waals surface area contributed by atoms with Crippen LogP contribution < -0.4 is 0 Å². The molecule has 14 nitrogen and oxygen atoms in total. The highest BCUT2D eigenvalue weighted by Crippen LogP contribution is 2.72. The highest BCUT2D eigenvalue weighted by molar-refractivity contribution is 5.89. The van der Waals surface area contributed by atoms with E-state index in [1.165, 1.54) is 24.5 Å². The number of aliphatic hydroxyl groups excluding tert-OH is 4. The second-order valence-electron chi connectivity index (χ2n) is 16.9. The van der Waals surface area contributed by atoms with E-state index in [9.17, 15) is 35.1 Å². The van der Waals surface area contributed by atoms with Crippen LogP contribution in [0.5, 0.6) is 0 Å². The average Bonchev–Trinajstić information content (AvgIpc) is 3.87. The van der Waals surface area contributed by atoms with Crippen LogP contribution in [0.3, 0.4) is 0 Å². The lowest BCUT2D eigenvalue weighted by Crippen LogP contribution is -2.64. The Morgan fingerprint density at radius 3 is 2.57 bits per heavy atom. The lowest BCUT2D eigenvalue weighted by atomic mass is 9.50. The first-order chi connectivity index (χ1) is 25.4. The number of ether oxygens (including phenoxy) is 6. The van der Waals surface area contributed by atoms with Crippen LogP contribution in [0.25, 0.3) is 0 Å².